The van der Waals surface area contributed by atoms with Crippen molar-refractivity contribution in [1.29, 1.82) is 0 Å². The number of thiophene rings is 1. The SMILES string of the molecule is Cc1[nH]nc(C2CCCNC2)c1-c1ccc(Br)s1. The molecule has 0 bridgehead atoms. The molecule has 2 aromatic heterocycles. The summed E-state index contributed by atoms with van der Waals surface area (Å²) in [6, 6.07) is 4.28. The van der Waals surface area contributed by atoms with Crippen LogP contribution in [0.15, 0.2) is 15.9 Å². The van der Waals surface area contributed by atoms with E-state index in [0.29, 0.717) is 5.92 Å². The lowest BCUT2D eigenvalue weighted by Crippen LogP contribution is -2.28. The lowest BCUT2D eigenvalue weighted by atomic mass is 9.92. The van der Waals surface area contributed by atoms with Gasteiger partial charge in [0.25, 0.3) is 0 Å². The molecule has 3 rings (SSSR count). The van der Waals surface area contributed by atoms with E-state index < -0.39 is 0 Å². The fraction of sp³-hybridized carbons (Fsp3) is 0.462. The topological polar surface area (TPSA) is 40.7 Å². The lowest BCUT2D eigenvalue weighted by molar-refractivity contribution is 0.455. The third-order valence-corrected chi connectivity index (χ3v) is 5.12. The normalized spacial score (nSPS) is 20.2. The van der Waals surface area contributed by atoms with E-state index in [0.717, 1.165) is 13.1 Å². The Labute approximate surface area is 119 Å². The van der Waals surface area contributed by atoms with Gasteiger partial charge in [-0.25, -0.2) is 0 Å². The molecule has 3 nitrogen and oxygen atoms in total. The van der Waals surface area contributed by atoms with Gasteiger partial charge < -0.3 is 5.32 Å². The first kappa shape index (κ1) is 12.4. The maximum Gasteiger partial charge on any atom is 0.0755 e. The minimum atomic E-state index is 0.541. The van der Waals surface area contributed by atoms with Gasteiger partial charge in [0.2, 0.25) is 0 Å². The van der Waals surface area contributed by atoms with Gasteiger partial charge >= 0.3 is 0 Å². The Bertz CT molecular complexity index is 540. The minimum absolute atomic E-state index is 0.541. The number of hydrogen-bond donors (Lipinski definition) is 2. The van der Waals surface area contributed by atoms with E-state index in [1.54, 1.807) is 11.3 Å². The van der Waals surface area contributed by atoms with Gasteiger partial charge in [0.05, 0.1) is 9.48 Å². The third kappa shape index (κ3) is 2.27. The third-order valence-electron chi connectivity index (χ3n) is 3.48. The Morgan fingerprint density at radius 3 is 3.00 bits per heavy atom. The Morgan fingerprint density at radius 1 is 1.44 bits per heavy atom. The van der Waals surface area contributed by atoms with E-state index in [4.69, 9.17) is 0 Å². The molecule has 1 fully saturated rings. The molecule has 2 N–H and O–H groups in total. The van der Waals surface area contributed by atoms with E-state index in [2.05, 4.69) is 50.5 Å². The zero-order valence-corrected chi connectivity index (χ0v) is 12.7. The molecule has 1 atom stereocenters. The zero-order valence-electron chi connectivity index (χ0n) is 10.3. The van der Waals surface area contributed by atoms with Crippen molar-refractivity contribution in [3.05, 3.63) is 27.3 Å². The van der Waals surface area contributed by atoms with Gasteiger partial charge in [0, 0.05) is 28.6 Å². The number of aromatic amines is 1. The van der Waals surface area contributed by atoms with Crippen LogP contribution >= 0.6 is 27.3 Å². The van der Waals surface area contributed by atoms with E-state index in [9.17, 15) is 0 Å². The largest absolute Gasteiger partial charge is 0.316 e. The molecule has 3 heterocycles. The predicted octanol–water partition coefficient (Wildman–Crippen LogP) is 3.68. The van der Waals surface area contributed by atoms with Crippen LogP contribution in [0.2, 0.25) is 0 Å². The van der Waals surface area contributed by atoms with Crippen molar-refractivity contribution in [2.24, 2.45) is 0 Å². The van der Waals surface area contributed by atoms with Crippen LogP contribution in [0.5, 0.6) is 0 Å². The van der Waals surface area contributed by atoms with Crippen molar-refractivity contribution in [1.82, 2.24) is 15.5 Å². The predicted molar refractivity (Wildman–Crippen MR) is 79.2 cm³/mol. The van der Waals surface area contributed by atoms with Crippen LogP contribution in [0, 0.1) is 6.92 Å². The van der Waals surface area contributed by atoms with E-state index in [1.807, 2.05) is 0 Å². The van der Waals surface area contributed by atoms with Gasteiger partial charge in [-0.3, -0.25) is 5.10 Å². The molecule has 18 heavy (non-hydrogen) atoms. The summed E-state index contributed by atoms with van der Waals surface area (Å²) >= 11 is 5.31. The van der Waals surface area contributed by atoms with Crippen LogP contribution in [0.4, 0.5) is 0 Å². The van der Waals surface area contributed by atoms with Crippen molar-refractivity contribution in [2.45, 2.75) is 25.7 Å². The molecule has 0 aliphatic carbocycles. The molecule has 1 aliphatic rings. The van der Waals surface area contributed by atoms with Crippen molar-refractivity contribution < 1.29 is 0 Å². The first-order chi connectivity index (χ1) is 8.75. The number of nitrogens with one attached hydrogen (secondary N) is 2. The molecule has 0 spiro atoms. The smallest absolute Gasteiger partial charge is 0.0755 e. The first-order valence-corrected chi connectivity index (χ1v) is 7.88. The number of hydrogen-bond acceptors (Lipinski definition) is 3. The summed E-state index contributed by atoms with van der Waals surface area (Å²) in [6.07, 6.45) is 2.47. The van der Waals surface area contributed by atoms with Gasteiger partial charge in [0.15, 0.2) is 0 Å². The highest BCUT2D eigenvalue weighted by Crippen LogP contribution is 2.38. The number of piperidine rings is 1. The maximum absolute atomic E-state index is 4.55. The average molecular weight is 326 g/mol. The molecule has 5 heteroatoms. The molecule has 0 saturated carbocycles. The molecule has 0 amide bonds. The molecule has 1 unspecified atom stereocenters. The van der Waals surface area contributed by atoms with Crippen LogP contribution in [0.1, 0.15) is 30.1 Å². The number of nitrogens with zero attached hydrogens (tertiary/aromatic N) is 1. The number of aryl methyl sites for hydroxylation is 1. The second kappa shape index (κ2) is 5.15. The number of aromatic nitrogens is 2. The summed E-state index contributed by atoms with van der Waals surface area (Å²) in [4.78, 5) is 1.30. The van der Waals surface area contributed by atoms with Crippen LogP contribution in [-0.2, 0) is 0 Å². The van der Waals surface area contributed by atoms with E-state index in [-0.39, 0.29) is 0 Å². The quantitative estimate of drug-likeness (QED) is 0.884. The van der Waals surface area contributed by atoms with Crippen LogP contribution in [0.25, 0.3) is 10.4 Å². The molecule has 1 saturated heterocycles. The number of H-pyrrole nitrogens is 1. The fourth-order valence-electron chi connectivity index (χ4n) is 2.59. The Morgan fingerprint density at radius 2 is 2.33 bits per heavy atom. The summed E-state index contributed by atoms with van der Waals surface area (Å²) in [7, 11) is 0. The molecule has 2 aromatic rings. The molecule has 1 aliphatic heterocycles. The molecular weight excluding hydrogens is 310 g/mol. The summed E-state index contributed by atoms with van der Waals surface area (Å²) < 4.78 is 1.17. The van der Waals surface area contributed by atoms with Crippen molar-refractivity contribution in [3.8, 4) is 10.4 Å². The average Bonchev–Trinajstić information content (AvgIpc) is 2.96. The highest BCUT2D eigenvalue weighted by Gasteiger charge is 2.23. The minimum Gasteiger partial charge on any atom is -0.316 e. The van der Waals surface area contributed by atoms with E-state index in [1.165, 1.54) is 38.5 Å². The Balaban J connectivity index is 2.00. The number of rotatable bonds is 2. The zero-order chi connectivity index (χ0) is 12.5. The van der Waals surface area contributed by atoms with Gasteiger partial charge in [0.1, 0.15) is 0 Å². The second-order valence-electron chi connectivity index (χ2n) is 4.76. The summed E-state index contributed by atoms with van der Waals surface area (Å²) in [5.41, 5.74) is 3.71. The van der Waals surface area contributed by atoms with Crippen LogP contribution < -0.4 is 5.32 Å². The van der Waals surface area contributed by atoms with Gasteiger partial charge in [-0.15, -0.1) is 11.3 Å². The molecule has 0 radical (unpaired) electrons. The molecule has 0 aromatic carbocycles. The second-order valence-corrected chi connectivity index (χ2v) is 7.22. The highest BCUT2D eigenvalue weighted by molar-refractivity contribution is 9.11. The maximum atomic E-state index is 4.55. The first-order valence-electron chi connectivity index (χ1n) is 6.27. The molecule has 96 valence electrons. The van der Waals surface area contributed by atoms with Crippen molar-refractivity contribution in [3.63, 3.8) is 0 Å². The Hall–Kier alpha value is -0.650. The monoisotopic (exact) mass is 325 g/mol. The van der Waals surface area contributed by atoms with Crippen molar-refractivity contribution >= 4 is 27.3 Å². The van der Waals surface area contributed by atoms with Gasteiger partial charge in [-0.2, -0.15) is 5.10 Å². The fourth-order valence-corrected chi connectivity index (χ4v) is 4.09. The van der Waals surface area contributed by atoms with Crippen LogP contribution in [-0.4, -0.2) is 23.3 Å². The molecular formula is C13H16BrN3S. The highest BCUT2D eigenvalue weighted by atomic mass is 79.9. The Kier molecular flexibility index (Phi) is 3.54. The summed E-state index contributed by atoms with van der Waals surface area (Å²) in [5, 5.41) is 11.2. The van der Waals surface area contributed by atoms with E-state index >= 15 is 0 Å². The lowest BCUT2D eigenvalue weighted by Gasteiger charge is -2.22. The van der Waals surface area contributed by atoms with Gasteiger partial charge in [-0.05, 0) is 54.4 Å². The number of halogens is 1. The standard InChI is InChI=1S/C13H16BrN3S/c1-8-12(10-4-5-11(14)18-10)13(17-16-8)9-3-2-6-15-7-9/h4-5,9,15H,2-3,6-7H2,1H3,(H,16,17). The van der Waals surface area contributed by atoms with Gasteiger partial charge in [-0.1, -0.05) is 0 Å². The van der Waals surface area contributed by atoms with Crippen LogP contribution in [0.3, 0.4) is 0 Å². The summed E-state index contributed by atoms with van der Waals surface area (Å²) in [5.74, 6) is 0.541. The van der Waals surface area contributed by atoms with Crippen molar-refractivity contribution in [2.75, 3.05) is 13.1 Å². The summed E-state index contributed by atoms with van der Waals surface area (Å²) in [6.45, 7) is 4.29.